The van der Waals surface area contributed by atoms with E-state index in [2.05, 4.69) is 11.9 Å². The first-order valence-corrected chi connectivity index (χ1v) is 7.00. The van der Waals surface area contributed by atoms with Crippen LogP contribution in [-0.4, -0.2) is 4.98 Å². The molecule has 0 aliphatic carbocycles. The number of hydrogen-bond donors (Lipinski definition) is 1. The van der Waals surface area contributed by atoms with Crippen LogP contribution in [0.15, 0.2) is 36.7 Å². The van der Waals surface area contributed by atoms with Gasteiger partial charge in [0.05, 0.1) is 0 Å². The van der Waals surface area contributed by atoms with E-state index in [1.165, 1.54) is 0 Å². The molecular formula is C15H16Cl2N2. The van der Waals surface area contributed by atoms with E-state index in [0.717, 1.165) is 23.1 Å². The van der Waals surface area contributed by atoms with Crippen molar-refractivity contribution in [3.8, 4) is 0 Å². The topological polar surface area (TPSA) is 38.9 Å². The van der Waals surface area contributed by atoms with E-state index in [9.17, 15) is 0 Å². The molecule has 1 aromatic carbocycles. The summed E-state index contributed by atoms with van der Waals surface area (Å²) in [5.41, 5.74) is 9.47. The Morgan fingerprint density at radius 3 is 2.53 bits per heavy atom. The highest BCUT2D eigenvalue weighted by Gasteiger charge is 2.14. The number of pyridine rings is 1. The van der Waals surface area contributed by atoms with E-state index in [0.29, 0.717) is 16.5 Å². The summed E-state index contributed by atoms with van der Waals surface area (Å²) in [6.07, 6.45) is 5.16. The maximum atomic E-state index is 6.30. The van der Waals surface area contributed by atoms with Crippen molar-refractivity contribution < 1.29 is 0 Å². The van der Waals surface area contributed by atoms with Crippen LogP contribution in [-0.2, 0) is 12.8 Å². The van der Waals surface area contributed by atoms with Crippen LogP contribution in [0, 0.1) is 0 Å². The van der Waals surface area contributed by atoms with Gasteiger partial charge in [-0.3, -0.25) is 4.98 Å². The summed E-state index contributed by atoms with van der Waals surface area (Å²) in [7, 11) is 0. The Bertz CT molecular complexity index is 550. The molecule has 0 fully saturated rings. The summed E-state index contributed by atoms with van der Waals surface area (Å²) in [5, 5.41) is 1.32. The summed E-state index contributed by atoms with van der Waals surface area (Å²) in [6.45, 7) is 2.09. The molecule has 4 heteroatoms. The Balaban J connectivity index is 2.28. The van der Waals surface area contributed by atoms with E-state index in [4.69, 9.17) is 28.9 Å². The van der Waals surface area contributed by atoms with Crippen molar-refractivity contribution in [2.45, 2.75) is 25.8 Å². The van der Waals surface area contributed by atoms with Gasteiger partial charge in [-0.25, -0.2) is 0 Å². The van der Waals surface area contributed by atoms with Crippen LogP contribution in [0.2, 0.25) is 10.0 Å². The first kappa shape index (κ1) is 14.3. The first-order valence-electron chi connectivity index (χ1n) is 6.24. The Labute approximate surface area is 123 Å². The lowest BCUT2D eigenvalue weighted by Crippen LogP contribution is -2.16. The highest BCUT2D eigenvalue weighted by atomic mass is 35.5. The number of aryl methyl sites for hydroxylation is 1. The van der Waals surface area contributed by atoms with Gasteiger partial charge in [0.25, 0.3) is 0 Å². The molecule has 0 aliphatic heterocycles. The van der Waals surface area contributed by atoms with E-state index in [-0.39, 0.29) is 6.04 Å². The summed E-state index contributed by atoms with van der Waals surface area (Å²) in [5.74, 6) is 0. The van der Waals surface area contributed by atoms with Gasteiger partial charge < -0.3 is 5.73 Å². The fourth-order valence-electron chi connectivity index (χ4n) is 2.15. The molecule has 2 nitrogen and oxygen atoms in total. The molecular weight excluding hydrogens is 279 g/mol. The second-order valence-corrected chi connectivity index (χ2v) is 5.25. The Morgan fingerprint density at radius 1 is 1.21 bits per heavy atom. The summed E-state index contributed by atoms with van der Waals surface area (Å²) in [6, 6.07) is 7.35. The fourth-order valence-corrected chi connectivity index (χ4v) is 2.70. The van der Waals surface area contributed by atoms with Gasteiger partial charge in [0.2, 0.25) is 0 Å². The SMILES string of the molecule is CCc1cnccc1C(N)Cc1c(Cl)cccc1Cl. The quantitative estimate of drug-likeness (QED) is 0.918. The molecule has 19 heavy (non-hydrogen) atoms. The zero-order valence-corrected chi connectivity index (χ0v) is 12.2. The number of nitrogens with two attached hydrogens (primary N) is 1. The van der Waals surface area contributed by atoms with Gasteiger partial charge in [-0.15, -0.1) is 0 Å². The summed E-state index contributed by atoms with van der Waals surface area (Å²) < 4.78 is 0. The van der Waals surface area contributed by atoms with Crippen molar-refractivity contribution >= 4 is 23.2 Å². The number of halogens is 2. The van der Waals surface area contributed by atoms with Crippen molar-refractivity contribution in [2.75, 3.05) is 0 Å². The normalized spacial score (nSPS) is 12.4. The number of hydrogen-bond acceptors (Lipinski definition) is 2. The highest BCUT2D eigenvalue weighted by Crippen LogP contribution is 2.29. The molecule has 2 N–H and O–H groups in total. The van der Waals surface area contributed by atoms with Crippen LogP contribution >= 0.6 is 23.2 Å². The molecule has 1 atom stereocenters. The van der Waals surface area contributed by atoms with E-state index in [1.807, 2.05) is 30.5 Å². The number of aromatic nitrogens is 1. The van der Waals surface area contributed by atoms with Crippen molar-refractivity contribution in [1.29, 1.82) is 0 Å². The molecule has 0 saturated heterocycles. The smallest absolute Gasteiger partial charge is 0.0453 e. The van der Waals surface area contributed by atoms with E-state index < -0.39 is 0 Å². The molecule has 100 valence electrons. The number of benzene rings is 1. The second-order valence-electron chi connectivity index (χ2n) is 4.44. The zero-order valence-electron chi connectivity index (χ0n) is 10.7. The third-order valence-electron chi connectivity index (χ3n) is 3.21. The van der Waals surface area contributed by atoms with Crippen molar-refractivity contribution in [2.24, 2.45) is 5.73 Å². The van der Waals surface area contributed by atoms with Crippen LogP contribution in [0.4, 0.5) is 0 Å². The van der Waals surface area contributed by atoms with Crippen molar-refractivity contribution in [1.82, 2.24) is 4.98 Å². The zero-order chi connectivity index (χ0) is 13.8. The van der Waals surface area contributed by atoms with Gasteiger partial charge in [0, 0.05) is 28.5 Å². The van der Waals surface area contributed by atoms with Crippen LogP contribution in [0.1, 0.15) is 29.7 Å². The Kier molecular flexibility index (Phi) is 4.81. The second kappa shape index (κ2) is 6.38. The molecule has 0 amide bonds. The fraction of sp³-hybridized carbons (Fsp3) is 0.267. The lowest BCUT2D eigenvalue weighted by Gasteiger charge is -2.17. The Morgan fingerprint density at radius 2 is 1.89 bits per heavy atom. The van der Waals surface area contributed by atoms with Crippen LogP contribution < -0.4 is 5.73 Å². The molecule has 1 unspecified atom stereocenters. The minimum atomic E-state index is -0.129. The lowest BCUT2D eigenvalue weighted by molar-refractivity contribution is 0.710. The Hall–Kier alpha value is -1.09. The van der Waals surface area contributed by atoms with Gasteiger partial charge in [-0.2, -0.15) is 0 Å². The lowest BCUT2D eigenvalue weighted by atomic mass is 9.96. The third kappa shape index (κ3) is 3.27. The third-order valence-corrected chi connectivity index (χ3v) is 3.92. The molecule has 0 spiro atoms. The predicted molar refractivity (Wildman–Crippen MR) is 80.7 cm³/mol. The maximum Gasteiger partial charge on any atom is 0.0453 e. The molecule has 0 bridgehead atoms. The van der Waals surface area contributed by atoms with Crippen molar-refractivity contribution in [3.63, 3.8) is 0 Å². The predicted octanol–water partition coefficient (Wildman–Crippen LogP) is 4.19. The van der Waals surface area contributed by atoms with Gasteiger partial charge in [-0.05, 0) is 47.7 Å². The van der Waals surface area contributed by atoms with Gasteiger partial charge in [0.1, 0.15) is 0 Å². The standard InChI is InChI=1S/C15H16Cl2N2/c1-2-10-9-19-7-6-11(10)15(18)8-12-13(16)4-3-5-14(12)17/h3-7,9,15H,2,8,18H2,1H3. The van der Waals surface area contributed by atoms with Crippen LogP contribution in [0.25, 0.3) is 0 Å². The van der Waals surface area contributed by atoms with Crippen LogP contribution in [0.3, 0.4) is 0 Å². The van der Waals surface area contributed by atoms with Gasteiger partial charge in [0.15, 0.2) is 0 Å². The van der Waals surface area contributed by atoms with Gasteiger partial charge >= 0.3 is 0 Å². The average Bonchev–Trinajstić information content (AvgIpc) is 2.42. The average molecular weight is 295 g/mol. The molecule has 1 aromatic heterocycles. The summed E-state index contributed by atoms with van der Waals surface area (Å²) in [4.78, 5) is 4.13. The molecule has 0 aliphatic rings. The maximum absolute atomic E-state index is 6.30. The van der Waals surface area contributed by atoms with Crippen LogP contribution in [0.5, 0.6) is 0 Å². The summed E-state index contributed by atoms with van der Waals surface area (Å²) >= 11 is 12.4. The molecule has 1 heterocycles. The molecule has 0 radical (unpaired) electrons. The molecule has 0 saturated carbocycles. The number of rotatable bonds is 4. The first-order chi connectivity index (χ1) is 9.13. The van der Waals surface area contributed by atoms with E-state index in [1.54, 1.807) is 6.20 Å². The van der Waals surface area contributed by atoms with Crippen molar-refractivity contribution in [3.05, 3.63) is 63.4 Å². The highest BCUT2D eigenvalue weighted by molar-refractivity contribution is 6.36. The minimum Gasteiger partial charge on any atom is -0.324 e. The number of nitrogens with zero attached hydrogens (tertiary/aromatic N) is 1. The molecule has 2 aromatic rings. The van der Waals surface area contributed by atoms with Gasteiger partial charge in [-0.1, -0.05) is 36.2 Å². The monoisotopic (exact) mass is 294 g/mol. The largest absolute Gasteiger partial charge is 0.324 e. The molecule has 2 rings (SSSR count). The minimum absolute atomic E-state index is 0.129. The van der Waals surface area contributed by atoms with E-state index >= 15 is 0 Å².